The van der Waals surface area contributed by atoms with Gasteiger partial charge in [0.25, 0.3) is 0 Å². The summed E-state index contributed by atoms with van der Waals surface area (Å²) in [6.07, 6.45) is 5.98. The van der Waals surface area contributed by atoms with Crippen molar-refractivity contribution < 1.29 is 24.2 Å². The van der Waals surface area contributed by atoms with Crippen LogP contribution in [-0.4, -0.2) is 54.1 Å². The predicted molar refractivity (Wildman–Crippen MR) is 122 cm³/mol. The lowest BCUT2D eigenvalue weighted by atomic mass is 9.79. The molecule has 3 rings (SSSR count). The number of carboxylic acids is 1. The van der Waals surface area contributed by atoms with Gasteiger partial charge in [0, 0.05) is 25.3 Å². The van der Waals surface area contributed by atoms with Gasteiger partial charge in [0.2, 0.25) is 0 Å². The molecule has 32 heavy (non-hydrogen) atoms. The van der Waals surface area contributed by atoms with E-state index in [-0.39, 0.29) is 24.5 Å². The van der Waals surface area contributed by atoms with Gasteiger partial charge >= 0.3 is 12.1 Å². The molecule has 3 N–H and O–H groups in total. The smallest absolute Gasteiger partial charge is 0.407 e. The molecule has 1 amide bonds. The van der Waals surface area contributed by atoms with Crippen LogP contribution in [0.2, 0.25) is 0 Å². The summed E-state index contributed by atoms with van der Waals surface area (Å²) in [6.45, 7) is 7.34. The molecule has 0 aromatic carbocycles. The number of fused-ring (bicyclic) bond motifs is 1. The number of alkyl carbamates (subject to hydrolysis) is 1. The third-order valence-electron chi connectivity index (χ3n) is 5.94. The molecule has 1 saturated carbocycles. The highest BCUT2D eigenvalue weighted by atomic mass is 16.5. The van der Waals surface area contributed by atoms with E-state index in [0.29, 0.717) is 12.5 Å². The summed E-state index contributed by atoms with van der Waals surface area (Å²) in [6, 6.07) is 3.33. The number of pyridine rings is 1. The molecule has 1 aromatic rings. The fourth-order valence-electron chi connectivity index (χ4n) is 3.98. The van der Waals surface area contributed by atoms with Crippen molar-refractivity contribution in [1.29, 1.82) is 0 Å². The van der Waals surface area contributed by atoms with Crippen LogP contribution in [0.15, 0.2) is 12.1 Å². The van der Waals surface area contributed by atoms with Crippen molar-refractivity contribution in [2.24, 2.45) is 11.3 Å². The van der Waals surface area contributed by atoms with Crippen molar-refractivity contribution in [3.05, 3.63) is 23.4 Å². The van der Waals surface area contributed by atoms with Crippen LogP contribution in [-0.2, 0) is 27.1 Å². The Labute approximate surface area is 190 Å². The van der Waals surface area contributed by atoms with Crippen molar-refractivity contribution >= 4 is 17.9 Å². The molecule has 1 aliphatic carbocycles. The second kappa shape index (κ2) is 11.0. The van der Waals surface area contributed by atoms with Gasteiger partial charge in [-0.15, -0.1) is 0 Å². The van der Waals surface area contributed by atoms with Crippen molar-refractivity contribution in [2.45, 2.75) is 77.9 Å². The van der Waals surface area contributed by atoms with E-state index in [2.05, 4.69) is 22.8 Å². The first kappa shape index (κ1) is 24.3. The number of nitrogens with zero attached hydrogens (tertiary/aromatic N) is 1. The molecule has 0 bridgehead atoms. The number of anilines is 1. The van der Waals surface area contributed by atoms with E-state index in [4.69, 9.17) is 14.5 Å². The predicted octanol–water partition coefficient (Wildman–Crippen LogP) is 3.78. The molecule has 178 valence electrons. The van der Waals surface area contributed by atoms with E-state index in [1.54, 1.807) is 0 Å². The molecule has 1 atom stereocenters. The van der Waals surface area contributed by atoms with Crippen molar-refractivity contribution in [3.8, 4) is 0 Å². The Morgan fingerprint density at radius 2 is 2.09 bits per heavy atom. The first-order valence-corrected chi connectivity index (χ1v) is 11.7. The number of carboxylic acid groups (broad SMARTS) is 1. The Hall–Kier alpha value is -2.35. The lowest BCUT2D eigenvalue weighted by Crippen LogP contribution is -2.43. The minimum absolute atomic E-state index is 0.167. The highest BCUT2D eigenvalue weighted by molar-refractivity contribution is 5.79. The van der Waals surface area contributed by atoms with E-state index in [1.807, 2.05) is 20.8 Å². The Kier molecular flexibility index (Phi) is 8.34. The molecule has 2 aliphatic rings. The molecular formula is C24H37N3O5. The second-order valence-electron chi connectivity index (χ2n) is 10.2. The number of rotatable bonds is 10. The molecular weight excluding hydrogens is 410 g/mol. The normalized spacial score (nSPS) is 21.0. The summed E-state index contributed by atoms with van der Waals surface area (Å²) in [5, 5.41) is 15.1. The quantitative estimate of drug-likeness (QED) is 0.501. The third kappa shape index (κ3) is 7.65. The SMILES string of the molecule is CC(C)(C)COC(=O)NC(CCO[C@H]1C[C@H](CCc2ccc3c(n2)NCCC3)C1)C(=O)O. The molecule has 0 saturated heterocycles. The summed E-state index contributed by atoms with van der Waals surface area (Å²) in [7, 11) is 0. The van der Waals surface area contributed by atoms with Crippen LogP contribution in [0.5, 0.6) is 0 Å². The van der Waals surface area contributed by atoms with E-state index in [1.165, 1.54) is 12.0 Å². The fourth-order valence-corrected chi connectivity index (χ4v) is 3.98. The number of aromatic nitrogens is 1. The van der Waals surface area contributed by atoms with Crippen LogP contribution in [0, 0.1) is 11.3 Å². The third-order valence-corrected chi connectivity index (χ3v) is 5.94. The maximum absolute atomic E-state index is 11.8. The van der Waals surface area contributed by atoms with E-state index < -0.39 is 18.1 Å². The minimum atomic E-state index is -1.08. The van der Waals surface area contributed by atoms with Gasteiger partial charge in [-0.3, -0.25) is 0 Å². The number of carbonyl (C=O) groups excluding carboxylic acids is 1. The Morgan fingerprint density at radius 3 is 2.81 bits per heavy atom. The summed E-state index contributed by atoms with van der Waals surface area (Å²) in [4.78, 5) is 28.0. The molecule has 1 aliphatic heterocycles. The summed E-state index contributed by atoms with van der Waals surface area (Å²) < 4.78 is 10.9. The van der Waals surface area contributed by atoms with Crippen LogP contribution in [0.1, 0.15) is 64.1 Å². The van der Waals surface area contributed by atoms with Crippen LogP contribution in [0.4, 0.5) is 10.6 Å². The second-order valence-corrected chi connectivity index (χ2v) is 10.2. The number of carbonyl (C=O) groups is 2. The molecule has 8 heteroatoms. The minimum Gasteiger partial charge on any atom is -0.480 e. The summed E-state index contributed by atoms with van der Waals surface area (Å²) >= 11 is 0. The van der Waals surface area contributed by atoms with Crippen molar-refractivity contribution in [1.82, 2.24) is 10.3 Å². The largest absolute Gasteiger partial charge is 0.480 e. The zero-order valence-electron chi connectivity index (χ0n) is 19.5. The van der Waals surface area contributed by atoms with Gasteiger partial charge in [-0.1, -0.05) is 26.8 Å². The van der Waals surface area contributed by atoms with Gasteiger partial charge in [0.1, 0.15) is 11.9 Å². The molecule has 0 radical (unpaired) electrons. The van der Waals surface area contributed by atoms with E-state index in [0.717, 1.165) is 50.2 Å². The lowest BCUT2D eigenvalue weighted by molar-refractivity contribution is -0.140. The molecule has 2 heterocycles. The van der Waals surface area contributed by atoms with Gasteiger partial charge < -0.3 is 25.2 Å². The highest BCUT2D eigenvalue weighted by Gasteiger charge is 2.30. The molecule has 8 nitrogen and oxygen atoms in total. The van der Waals surface area contributed by atoms with E-state index in [9.17, 15) is 14.7 Å². The number of ether oxygens (including phenoxy) is 2. The maximum atomic E-state index is 11.8. The first-order valence-electron chi connectivity index (χ1n) is 11.7. The molecule has 1 aromatic heterocycles. The lowest BCUT2D eigenvalue weighted by Gasteiger charge is -2.35. The van der Waals surface area contributed by atoms with Gasteiger partial charge in [-0.2, -0.15) is 0 Å². The molecule has 1 fully saturated rings. The monoisotopic (exact) mass is 447 g/mol. The summed E-state index contributed by atoms with van der Waals surface area (Å²) in [5.74, 6) is 0.582. The highest BCUT2D eigenvalue weighted by Crippen LogP contribution is 2.34. The van der Waals surface area contributed by atoms with Crippen LogP contribution >= 0.6 is 0 Å². The standard InChI is InChI=1S/C24H37N3O5/c1-24(2,3)15-32-23(30)27-20(22(28)29)10-12-31-19-13-16(14-19)6-8-18-9-7-17-5-4-11-25-21(17)26-18/h7,9,16,19-20H,4-6,8,10-15H2,1-3H3,(H,25,26)(H,27,30)(H,28,29)/t16-,19-,20?. The van der Waals surface area contributed by atoms with Gasteiger partial charge in [-0.05, 0) is 61.5 Å². The summed E-state index contributed by atoms with van der Waals surface area (Å²) in [5.41, 5.74) is 2.28. The fraction of sp³-hybridized carbons (Fsp3) is 0.708. The number of hydrogen-bond donors (Lipinski definition) is 3. The Bertz CT molecular complexity index is 786. The van der Waals surface area contributed by atoms with Crippen LogP contribution in [0.3, 0.4) is 0 Å². The Balaban J connectivity index is 1.30. The molecule has 1 unspecified atom stereocenters. The zero-order chi connectivity index (χ0) is 23.1. The van der Waals surface area contributed by atoms with Crippen LogP contribution in [0.25, 0.3) is 0 Å². The topological polar surface area (TPSA) is 110 Å². The van der Waals surface area contributed by atoms with Gasteiger partial charge in [0.05, 0.1) is 12.7 Å². The number of aryl methyl sites for hydroxylation is 2. The van der Waals surface area contributed by atoms with E-state index >= 15 is 0 Å². The number of aliphatic carboxylic acids is 1. The molecule has 0 spiro atoms. The van der Waals surface area contributed by atoms with Crippen LogP contribution < -0.4 is 10.6 Å². The first-order chi connectivity index (χ1) is 15.2. The zero-order valence-corrected chi connectivity index (χ0v) is 19.5. The van der Waals surface area contributed by atoms with Gasteiger partial charge in [-0.25, -0.2) is 14.6 Å². The average Bonchev–Trinajstić information content (AvgIpc) is 2.71. The van der Waals surface area contributed by atoms with Crippen molar-refractivity contribution in [2.75, 3.05) is 25.1 Å². The average molecular weight is 448 g/mol. The number of amides is 1. The Morgan fingerprint density at radius 1 is 1.31 bits per heavy atom. The number of nitrogens with one attached hydrogen (secondary N) is 2. The number of hydrogen-bond acceptors (Lipinski definition) is 6. The maximum Gasteiger partial charge on any atom is 0.407 e. The van der Waals surface area contributed by atoms with Crippen molar-refractivity contribution in [3.63, 3.8) is 0 Å². The van der Waals surface area contributed by atoms with Gasteiger partial charge in [0.15, 0.2) is 0 Å².